The van der Waals surface area contributed by atoms with Gasteiger partial charge in [-0.1, -0.05) is 23.7 Å². The van der Waals surface area contributed by atoms with Gasteiger partial charge < -0.3 is 10.2 Å². The van der Waals surface area contributed by atoms with Crippen LogP contribution in [-0.4, -0.2) is 30.5 Å². The van der Waals surface area contributed by atoms with E-state index in [0.29, 0.717) is 17.5 Å². The Morgan fingerprint density at radius 1 is 1.23 bits per heavy atom. The minimum Gasteiger partial charge on any atom is -0.327 e. The molecule has 1 saturated heterocycles. The summed E-state index contributed by atoms with van der Waals surface area (Å²) in [6.45, 7) is 2.49. The van der Waals surface area contributed by atoms with Crippen molar-refractivity contribution in [3.05, 3.63) is 58.6 Å². The molecule has 2 aromatic carbocycles. The number of para-hydroxylation sites is 1. The summed E-state index contributed by atoms with van der Waals surface area (Å²) in [4.78, 5) is 18.5. The van der Waals surface area contributed by atoms with Gasteiger partial charge in [0.25, 0.3) is 5.91 Å². The van der Waals surface area contributed by atoms with Crippen LogP contribution in [0.15, 0.2) is 48.5 Å². The van der Waals surface area contributed by atoms with Gasteiger partial charge in [-0.3, -0.25) is 4.79 Å². The van der Waals surface area contributed by atoms with Crippen LogP contribution in [0.1, 0.15) is 23.8 Å². The van der Waals surface area contributed by atoms with Crippen LogP contribution in [-0.2, 0) is 4.79 Å². The lowest BCUT2D eigenvalue weighted by atomic mass is 9.99. The van der Waals surface area contributed by atoms with Crippen molar-refractivity contribution in [1.82, 2.24) is 4.98 Å². The third-order valence-corrected chi connectivity index (χ3v) is 6.27. The number of carbonyl (C=O) groups excluding carboxylic acids is 1. The molecular weight excluding hydrogens is 366 g/mol. The van der Waals surface area contributed by atoms with Crippen molar-refractivity contribution in [3.63, 3.8) is 0 Å². The molecule has 3 aromatic rings. The van der Waals surface area contributed by atoms with Gasteiger partial charge in [0.15, 0.2) is 6.54 Å². The molecule has 2 N–H and O–H groups in total. The number of amides is 1. The normalized spacial score (nSPS) is 20.2. The van der Waals surface area contributed by atoms with Crippen LogP contribution in [0.2, 0.25) is 5.02 Å². The summed E-state index contributed by atoms with van der Waals surface area (Å²) in [5.74, 6) is 0.492. The largest absolute Gasteiger partial charge is 0.327 e. The number of nitrogens with zero attached hydrogens (tertiary/aromatic N) is 1. The molecule has 1 aliphatic heterocycles. The van der Waals surface area contributed by atoms with Gasteiger partial charge in [-0.2, -0.15) is 0 Å². The quantitative estimate of drug-likeness (QED) is 0.722. The van der Waals surface area contributed by atoms with E-state index in [1.807, 2.05) is 18.2 Å². The van der Waals surface area contributed by atoms with Crippen LogP contribution < -0.4 is 10.2 Å². The first kappa shape index (κ1) is 17.5. The minimum absolute atomic E-state index is 0.0484. The summed E-state index contributed by atoms with van der Waals surface area (Å²) in [6.07, 6.45) is 2.28. The zero-order valence-electron chi connectivity index (χ0n) is 14.4. The summed E-state index contributed by atoms with van der Waals surface area (Å²) in [5, 5.41) is 4.84. The minimum atomic E-state index is 0.0484. The van der Waals surface area contributed by atoms with E-state index in [0.717, 1.165) is 37.1 Å². The first-order valence-electron chi connectivity index (χ1n) is 8.92. The number of hydrogen-bond acceptors (Lipinski definition) is 3. The number of fused-ring (bicyclic) bond motifs is 1. The summed E-state index contributed by atoms with van der Waals surface area (Å²) in [6, 6.07) is 15.5. The number of carbonyl (C=O) groups is 1. The van der Waals surface area contributed by atoms with E-state index in [-0.39, 0.29) is 5.91 Å². The van der Waals surface area contributed by atoms with Crippen molar-refractivity contribution in [2.24, 2.45) is 0 Å². The fourth-order valence-electron chi connectivity index (χ4n) is 3.55. The van der Waals surface area contributed by atoms with Crippen molar-refractivity contribution < 1.29 is 9.69 Å². The molecular formula is C20H21ClN3OS+. The monoisotopic (exact) mass is 386 g/mol. The summed E-state index contributed by atoms with van der Waals surface area (Å²) in [7, 11) is 0. The van der Waals surface area contributed by atoms with Gasteiger partial charge in [-0.15, -0.1) is 11.3 Å². The molecule has 0 spiro atoms. The third-order valence-electron chi connectivity index (χ3n) is 4.82. The van der Waals surface area contributed by atoms with Gasteiger partial charge in [0, 0.05) is 10.7 Å². The van der Waals surface area contributed by atoms with Gasteiger partial charge in [0.05, 0.1) is 29.2 Å². The fourth-order valence-corrected chi connectivity index (χ4v) is 4.78. The highest BCUT2D eigenvalue weighted by Gasteiger charge is 2.28. The standard InChI is InChI=1S/C20H20ClN3OS/c21-15-7-9-16(10-8-15)22-19(25)13-24-11-3-4-14(12-24)20-23-17-5-1-2-6-18(17)26-20/h1-2,5-10,14H,3-4,11-13H2,(H,22,25)/p+1/t14-/m0/s1. The van der Waals surface area contributed by atoms with E-state index in [2.05, 4.69) is 23.5 Å². The first-order valence-corrected chi connectivity index (χ1v) is 10.1. The Bertz CT molecular complexity index is 876. The number of halogens is 1. The zero-order chi connectivity index (χ0) is 17.9. The Morgan fingerprint density at radius 3 is 2.85 bits per heavy atom. The van der Waals surface area contributed by atoms with E-state index in [1.165, 1.54) is 14.6 Å². The van der Waals surface area contributed by atoms with Crippen LogP contribution in [0.5, 0.6) is 0 Å². The van der Waals surface area contributed by atoms with E-state index in [9.17, 15) is 4.79 Å². The Hall–Kier alpha value is -1.95. The number of hydrogen-bond donors (Lipinski definition) is 2. The van der Waals surface area contributed by atoms with E-state index < -0.39 is 0 Å². The molecule has 1 amide bonds. The molecule has 134 valence electrons. The van der Waals surface area contributed by atoms with Gasteiger partial charge in [0.2, 0.25) is 0 Å². The SMILES string of the molecule is O=C(C[NH+]1CCC[C@H](c2nc3ccccc3s2)C1)Nc1ccc(Cl)cc1. The van der Waals surface area contributed by atoms with Gasteiger partial charge in [-0.25, -0.2) is 4.98 Å². The van der Waals surface area contributed by atoms with Crippen molar-refractivity contribution in [1.29, 1.82) is 0 Å². The molecule has 4 rings (SSSR count). The average Bonchev–Trinajstić information content (AvgIpc) is 3.08. The number of aromatic nitrogens is 1. The highest BCUT2D eigenvalue weighted by Crippen LogP contribution is 2.30. The van der Waals surface area contributed by atoms with Gasteiger partial charge in [0.1, 0.15) is 5.01 Å². The maximum atomic E-state index is 12.4. The summed E-state index contributed by atoms with van der Waals surface area (Å²) < 4.78 is 1.25. The predicted octanol–water partition coefficient (Wildman–Crippen LogP) is 3.35. The lowest BCUT2D eigenvalue weighted by molar-refractivity contribution is -0.898. The Kier molecular flexibility index (Phi) is 5.20. The number of anilines is 1. The number of rotatable bonds is 4. The second-order valence-corrected chi connectivity index (χ2v) is 8.29. The number of nitrogens with one attached hydrogen (secondary N) is 2. The summed E-state index contributed by atoms with van der Waals surface area (Å²) in [5.41, 5.74) is 1.87. The molecule has 0 bridgehead atoms. The predicted molar refractivity (Wildman–Crippen MR) is 107 cm³/mol. The third kappa shape index (κ3) is 4.06. The first-order chi connectivity index (χ1) is 12.7. The second-order valence-electron chi connectivity index (χ2n) is 6.79. The van der Waals surface area contributed by atoms with Crippen LogP contribution in [0.3, 0.4) is 0 Å². The second kappa shape index (κ2) is 7.74. The van der Waals surface area contributed by atoms with Crippen LogP contribution in [0.4, 0.5) is 5.69 Å². The highest BCUT2D eigenvalue weighted by atomic mass is 35.5. The number of piperidine rings is 1. The van der Waals surface area contributed by atoms with Crippen molar-refractivity contribution in [3.8, 4) is 0 Å². The maximum Gasteiger partial charge on any atom is 0.279 e. The number of thiazole rings is 1. The van der Waals surface area contributed by atoms with Crippen molar-refractivity contribution >= 4 is 44.7 Å². The smallest absolute Gasteiger partial charge is 0.279 e. The molecule has 0 aliphatic carbocycles. The lowest BCUT2D eigenvalue weighted by Gasteiger charge is -2.28. The zero-order valence-corrected chi connectivity index (χ0v) is 15.9. The molecule has 2 heterocycles. The maximum absolute atomic E-state index is 12.4. The van der Waals surface area contributed by atoms with Gasteiger partial charge >= 0.3 is 0 Å². The van der Waals surface area contributed by atoms with Crippen LogP contribution in [0.25, 0.3) is 10.2 Å². The number of benzene rings is 2. The van der Waals surface area contributed by atoms with Crippen LogP contribution in [0, 0.1) is 0 Å². The Labute approximate surface area is 161 Å². The molecule has 1 aromatic heterocycles. The average molecular weight is 387 g/mol. The molecule has 0 saturated carbocycles. The van der Waals surface area contributed by atoms with E-state index >= 15 is 0 Å². The lowest BCUT2D eigenvalue weighted by Crippen LogP contribution is -3.14. The van der Waals surface area contributed by atoms with E-state index in [1.54, 1.807) is 23.5 Å². The molecule has 6 heteroatoms. The summed E-state index contributed by atoms with van der Waals surface area (Å²) >= 11 is 7.68. The molecule has 1 aliphatic rings. The molecule has 1 unspecified atom stereocenters. The topological polar surface area (TPSA) is 46.4 Å². The van der Waals surface area contributed by atoms with Gasteiger partial charge in [-0.05, 0) is 49.2 Å². The number of likely N-dealkylation sites (tertiary alicyclic amines) is 1. The molecule has 2 atom stereocenters. The Balaban J connectivity index is 1.38. The van der Waals surface area contributed by atoms with Crippen LogP contribution >= 0.6 is 22.9 Å². The number of quaternary nitrogens is 1. The Morgan fingerprint density at radius 2 is 2.04 bits per heavy atom. The highest BCUT2D eigenvalue weighted by molar-refractivity contribution is 7.18. The molecule has 1 fully saturated rings. The van der Waals surface area contributed by atoms with E-state index in [4.69, 9.17) is 16.6 Å². The fraction of sp³-hybridized carbons (Fsp3) is 0.300. The van der Waals surface area contributed by atoms with Crippen molar-refractivity contribution in [2.75, 3.05) is 25.0 Å². The molecule has 4 nitrogen and oxygen atoms in total. The molecule has 26 heavy (non-hydrogen) atoms. The van der Waals surface area contributed by atoms with Crippen molar-refractivity contribution in [2.45, 2.75) is 18.8 Å². The molecule has 0 radical (unpaired) electrons.